The molecule has 0 saturated carbocycles. The van der Waals surface area contributed by atoms with E-state index >= 15 is 0 Å². The maximum absolute atomic E-state index is 13.0. The van der Waals surface area contributed by atoms with Crippen molar-refractivity contribution in [3.8, 4) is 6.07 Å². The number of carbonyl (C=O) groups excluding carboxylic acids is 2. The molecule has 2 heterocycles. The van der Waals surface area contributed by atoms with E-state index < -0.39 is 0 Å². The van der Waals surface area contributed by atoms with Gasteiger partial charge in [-0.3, -0.25) is 9.59 Å². The Bertz CT molecular complexity index is 1120. The normalized spacial score (nSPS) is 16.9. The number of nitriles is 1. The number of hydrogen-bond acceptors (Lipinski definition) is 5. The Morgan fingerprint density at radius 3 is 2.43 bits per heavy atom. The monoisotopic (exact) mass is 400 g/mol. The first-order valence-corrected chi connectivity index (χ1v) is 9.67. The van der Waals surface area contributed by atoms with Gasteiger partial charge in [0, 0.05) is 29.8 Å². The third kappa shape index (κ3) is 3.61. The van der Waals surface area contributed by atoms with E-state index in [4.69, 9.17) is 4.74 Å². The van der Waals surface area contributed by atoms with Crippen molar-refractivity contribution in [1.82, 2.24) is 10.2 Å². The van der Waals surface area contributed by atoms with Gasteiger partial charge in [0.1, 0.15) is 17.5 Å². The first kappa shape index (κ1) is 19.6. The van der Waals surface area contributed by atoms with Crippen LogP contribution in [0.5, 0.6) is 0 Å². The molecular formula is C23H20N4O3. The van der Waals surface area contributed by atoms with Crippen LogP contribution in [-0.4, -0.2) is 48.9 Å². The third-order valence-corrected chi connectivity index (χ3v) is 5.14. The van der Waals surface area contributed by atoms with Gasteiger partial charge in [-0.25, -0.2) is 4.99 Å². The van der Waals surface area contributed by atoms with Gasteiger partial charge in [-0.2, -0.15) is 5.26 Å². The molecular weight excluding hydrogens is 380 g/mol. The van der Waals surface area contributed by atoms with E-state index in [0.717, 1.165) is 5.56 Å². The molecule has 0 spiro atoms. The molecule has 4 rings (SSSR count). The molecule has 0 aromatic heterocycles. The molecule has 2 aliphatic heterocycles. The molecule has 0 aliphatic carbocycles. The highest BCUT2D eigenvalue weighted by Crippen LogP contribution is 2.31. The molecule has 0 atom stereocenters. The Balaban J connectivity index is 1.72. The second-order valence-corrected chi connectivity index (χ2v) is 7.02. The van der Waals surface area contributed by atoms with Crippen LogP contribution in [0.1, 0.15) is 27.0 Å². The van der Waals surface area contributed by atoms with Crippen LogP contribution in [0.25, 0.3) is 5.70 Å². The highest BCUT2D eigenvalue weighted by Gasteiger charge is 2.30. The Morgan fingerprint density at radius 2 is 1.73 bits per heavy atom. The van der Waals surface area contributed by atoms with Gasteiger partial charge in [-0.1, -0.05) is 42.5 Å². The van der Waals surface area contributed by atoms with Crippen LogP contribution in [0.2, 0.25) is 0 Å². The number of aryl methyl sites for hydroxylation is 1. The van der Waals surface area contributed by atoms with Crippen LogP contribution in [0.4, 0.5) is 0 Å². The summed E-state index contributed by atoms with van der Waals surface area (Å²) in [4.78, 5) is 31.8. The van der Waals surface area contributed by atoms with E-state index in [0.29, 0.717) is 48.8 Å². The van der Waals surface area contributed by atoms with Crippen LogP contribution in [0, 0.1) is 18.3 Å². The topological polar surface area (TPSA) is 94.8 Å². The Morgan fingerprint density at radius 1 is 1.07 bits per heavy atom. The van der Waals surface area contributed by atoms with Gasteiger partial charge in [-0.15, -0.1) is 0 Å². The smallest absolute Gasteiger partial charge is 0.266 e. The summed E-state index contributed by atoms with van der Waals surface area (Å²) in [5.74, 6) is -0.335. The zero-order chi connectivity index (χ0) is 21.1. The summed E-state index contributed by atoms with van der Waals surface area (Å²) in [6, 6.07) is 16.5. The minimum atomic E-state index is -0.374. The number of aliphatic imine (C=N–C) groups is 1. The Hall–Kier alpha value is -3.76. The standard InChI is InChI=1S/C23H20N4O3/c1-15-6-2-3-7-16(15)22(28)26-21-18-9-5-4-8-17(18)20(25-21)19(14-24)23(29)27-10-12-30-13-11-27/h2-9H,10-13H2,1H3,(H,25,26,28)/b20-19+. The molecule has 2 aliphatic rings. The van der Waals surface area contributed by atoms with Gasteiger partial charge in [0.25, 0.3) is 11.8 Å². The summed E-state index contributed by atoms with van der Waals surface area (Å²) in [6.07, 6.45) is 0. The lowest BCUT2D eigenvalue weighted by Gasteiger charge is -2.26. The van der Waals surface area contributed by atoms with Gasteiger partial charge in [-0.05, 0) is 18.6 Å². The van der Waals surface area contributed by atoms with Crippen LogP contribution in [-0.2, 0) is 9.53 Å². The summed E-state index contributed by atoms with van der Waals surface area (Å²) < 4.78 is 5.29. The highest BCUT2D eigenvalue weighted by molar-refractivity contribution is 6.20. The zero-order valence-corrected chi connectivity index (χ0v) is 16.5. The lowest BCUT2D eigenvalue weighted by atomic mass is 10.0. The number of carbonyl (C=O) groups is 2. The molecule has 150 valence electrons. The molecule has 1 fully saturated rings. The predicted octanol–water partition coefficient (Wildman–Crippen LogP) is 2.28. The first-order valence-electron chi connectivity index (χ1n) is 9.67. The van der Waals surface area contributed by atoms with E-state index in [1.165, 1.54) is 0 Å². The number of ether oxygens (including phenoxy) is 1. The summed E-state index contributed by atoms with van der Waals surface area (Å²) in [5, 5.41) is 12.6. The average molecular weight is 400 g/mol. The SMILES string of the molecule is Cc1ccccc1C(=O)NC1=N/C(=C(\C#N)C(=O)N2CCOCC2)c2ccccc21. The summed E-state index contributed by atoms with van der Waals surface area (Å²) in [5.41, 5.74) is 2.96. The van der Waals surface area contributed by atoms with Crippen molar-refractivity contribution in [3.05, 3.63) is 76.4 Å². The molecule has 0 unspecified atom stereocenters. The van der Waals surface area contributed by atoms with Gasteiger partial charge in [0.05, 0.1) is 18.9 Å². The molecule has 1 saturated heterocycles. The quantitative estimate of drug-likeness (QED) is 0.618. The van der Waals surface area contributed by atoms with Crippen LogP contribution in [0.15, 0.2) is 59.1 Å². The van der Waals surface area contributed by atoms with Crippen molar-refractivity contribution in [1.29, 1.82) is 5.26 Å². The summed E-state index contributed by atoms with van der Waals surface area (Å²) in [7, 11) is 0. The number of hydrogen-bond donors (Lipinski definition) is 1. The average Bonchev–Trinajstić information content (AvgIpc) is 3.13. The predicted molar refractivity (Wildman–Crippen MR) is 112 cm³/mol. The van der Waals surface area contributed by atoms with Gasteiger partial charge in [0.2, 0.25) is 0 Å². The highest BCUT2D eigenvalue weighted by atomic mass is 16.5. The number of amides is 2. The molecule has 7 nitrogen and oxygen atoms in total. The van der Waals surface area contributed by atoms with Crippen molar-refractivity contribution < 1.29 is 14.3 Å². The van der Waals surface area contributed by atoms with E-state index in [9.17, 15) is 14.9 Å². The lowest BCUT2D eigenvalue weighted by Crippen LogP contribution is -2.41. The molecule has 2 aromatic carbocycles. The second kappa shape index (κ2) is 8.31. The molecule has 7 heteroatoms. The van der Waals surface area contributed by atoms with Crippen LogP contribution in [0.3, 0.4) is 0 Å². The van der Waals surface area contributed by atoms with E-state index in [1.54, 1.807) is 23.1 Å². The minimum absolute atomic E-state index is 0.0375. The molecule has 0 radical (unpaired) electrons. The van der Waals surface area contributed by atoms with Crippen LogP contribution < -0.4 is 5.32 Å². The molecule has 0 bridgehead atoms. The van der Waals surface area contributed by atoms with Crippen LogP contribution >= 0.6 is 0 Å². The fourth-order valence-corrected chi connectivity index (χ4v) is 3.54. The van der Waals surface area contributed by atoms with Crippen molar-refractivity contribution in [2.75, 3.05) is 26.3 Å². The molecule has 2 aromatic rings. The van der Waals surface area contributed by atoms with E-state index in [1.807, 2.05) is 43.3 Å². The van der Waals surface area contributed by atoms with Gasteiger partial charge in [0.15, 0.2) is 0 Å². The first-order chi connectivity index (χ1) is 14.6. The number of nitrogens with one attached hydrogen (secondary N) is 1. The number of benzene rings is 2. The maximum Gasteiger partial charge on any atom is 0.266 e. The second-order valence-electron chi connectivity index (χ2n) is 7.02. The fourth-order valence-electron chi connectivity index (χ4n) is 3.54. The largest absolute Gasteiger partial charge is 0.378 e. The van der Waals surface area contributed by atoms with E-state index in [-0.39, 0.29) is 23.1 Å². The maximum atomic E-state index is 13.0. The van der Waals surface area contributed by atoms with Crippen molar-refractivity contribution in [2.24, 2.45) is 4.99 Å². The molecule has 30 heavy (non-hydrogen) atoms. The number of nitrogens with zero attached hydrogens (tertiary/aromatic N) is 3. The van der Waals surface area contributed by atoms with E-state index in [2.05, 4.69) is 10.3 Å². The van der Waals surface area contributed by atoms with Gasteiger partial charge < -0.3 is 15.0 Å². The Labute approximate surface area is 174 Å². The number of amidine groups is 1. The summed E-state index contributed by atoms with van der Waals surface area (Å²) >= 11 is 0. The van der Waals surface area contributed by atoms with Crippen molar-refractivity contribution in [3.63, 3.8) is 0 Å². The number of fused-ring (bicyclic) bond motifs is 1. The Kier molecular flexibility index (Phi) is 5.42. The lowest BCUT2D eigenvalue weighted by molar-refractivity contribution is -0.130. The third-order valence-electron chi connectivity index (χ3n) is 5.14. The number of morpholine rings is 1. The fraction of sp³-hybridized carbons (Fsp3) is 0.217. The van der Waals surface area contributed by atoms with Crippen molar-refractivity contribution in [2.45, 2.75) is 6.92 Å². The zero-order valence-electron chi connectivity index (χ0n) is 16.5. The van der Waals surface area contributed by atoms with Gasteiger partial charge >= 0.3 is 0 Å². The molecule has 1 N–H and O–H groups in total. The minimum Gasteiger partial charge on any atom is -0.378 e. The molecule has 2 amide bonds. The number of rotatable bonds is 2. The van der Waals surface area contributed by atoms with Crippen molar-refractivity contribution >= 4 is 23.3 Å². The summed E-state index contributed by atoms with van der Waals surface area (Å²) in [6.45, 7) is 3.60.